The zero-order valence-corrected chi connectivity index (χ0v) is 18.7. The fourth-order valence-corrected chi connectivity index (χ4v) is 4.14. The van der Waals surface area contributed by atoms with Crippen LogP contribution in [0.4, 0.5) is 35.5 Å². The van der Waals surface area contributed by atoms with Crippen molar-refractivity contribution in [2.75, 3.05) is 20.1 Å². The van der Waals surface area contributed by atoms with Crippen LogP contribution >= 0.6 is 0 Å². The summed E-state index contributed by atoms with van der Waals surface area (Å²) in [5, 5.41) is 3.33. The van der Waals surface area contributed by atoms with E-state index in [1.807, 2.05) is 6.92 Å². The maximum absolute atomic E-state index is 13.5. The van der Waals surface area contributed by atoms with E-state index in [1.54, 1.807) is 13.0 Å². The minimum Gasteiger partial charge on any atom is -0.323 e. The number of benzene rings is 2. The first-order chi connectivity index (χ1) is 15.6. The monoisotopic (exact) mass is 491 g/mol. The third-order valence-corrected chi connectivity index (χ3v) is 5.65. The summed E-state index contributed by atoms with van der Waals surface area (Å²) < 4.78 is 92.3. The van der Waals surface area contributed by atoms with Gasteiger partial charge in [0.15, 0.2) is 0 Å². The molecule has 2 unspecified atom stereocenters. The van der Waals surface area contributed by atoms with Crippen LogP contribution in [0.5, 0.6) is 0 Å². The predicted octanol–water partition coefficient (Wildman–Crippen LogP) is 5.76. The summed E-state index contributed by atoms with van der Waals surface area (Å²) in [6.07, 6.45) is -9.93. The van der Waals surface area contributed by atoms with Gasteiger partial charge in [-0.1, -0.05) is 6.07 Å². The van der Waals surface area contributed by atoms with E-state index in [9.17, 15) is 35.5 Å². The molecule has 1 aliphatic heterocycles. The minimum absolute atomic E-state index is 0.0545. The number of carbonyl (C=O) groups excluding carboxylic acids is 1. The Balaban J connectivity index is 1.81. The van der Waals surface area contributed by atoms with Crippen molar-refractivity contribution in [2.24, 2.45) is 0 Å². The normalized spacial score (nSPS) is 19.3. The van der Waals surface area contributed by atoms with Gasteiger partial charge in [0.05, 0.1) is 17.2 Å². The van der Waals surface area contributed by atoms with Crippen molar-refractivity contribution in [3.8, 4) is 0 Å². The number of piperazine rings is 1. The number of hydrogen-bond acceptors (Lipinski definition) is 2. The van der Waals surface area contributed by atoms with Gasteiger partial charge in [0, 0.05) is 32.7 Å². The predicted molar refractivity (Wildman–Crippen MR) is 111 cm³/mol. The molecule has 0 spiro atoms. The van der Waals surface area contributed by atoms with Crippen LogP contribution < -0.4 is 5.32 Å². The molecule has 34 heavy (non-hydrogen) atoms. The molecule has 186 valence electrons. The summed E-state index contributed by atoms with van der Waals surface area (Å²) in [6.45, 7) is 3.63. The van der Waals surface area contributed by atoms with Gasteiger partial charge in [0.25, 0.3) is 0 Å². The van der Waals surface area contributed by atoms with Crippen molar-refractivity contribution in [1.82, 2.24) is 15.1 Å². The zero-order valence-electron chi connectivity index (χ0n) is 18.7. The number of hydrogen-bond donors (Lipinski definition) is 1. The number of halogens is 7. The lowest BCUT2D eigenvalue weighted by atomic mass is 9.98. The molecule has 0 saturated carbocycles. The summed E-state index contributed by atoms with van der Waals surface area (Å²) in [5.74, 6) is -0.392. The van der Waals surface area contributed by atoms with Crippen molar-refractivity contribution in [3.05, 3.63) is 70.0 Å². The molecule has 4 nitrogen and oxygen atoms in total. The van der Waals surface area contributed by atoms with Crippen LogP contribution in [0.2, 0.25) is 0 Å². The van der Waals surface area contributed by atoms with Crippen molar-refractivity contribution in [3.63, 3.8) is 0 Å². The van der Waals surface area contributed by atoms with Crippen molar-refractivity contribution >= 4 is 6.03 Å². The van der Waals surface area contributed by atoms with Gasteiger partial charge >= 0.3 is 18.4 Å². The fraction of sp³-hybridized carbons (Fsp3) is 0.435. The van der Waals surface area contributed by atoms with Gasteiger partial charge in [-0.2, -0.15) is 26.3 Å². The number of urea groups is 1. The Morgan fingerprint density at radius 1 is 1.03 bits per heavy atom. The first-order valence-corrected chi connectivity index (χ1v) is 10.5. The highest BCUT2D eigenvalue weighted by atomic mass is 19.4. The maximum atomic E-state index is 13.5. The van der Waals surface area contributed by atoms with Gasteiger partial charge in [-0.25, -0.2) is 9.18 Å². The standard InChI is InChI=1S/C23H24F7N3O/c1-13-6-18(24)4-5-19(13)20-12-33(10-14(2)31-20)21(34)32(3)11-15-7-16(22(25,26)27)9-17(8-15)23(28,29)30/h4-9,14,20,31H,10-12H2,1-3H3. The van der Waals surface area contributed by atoms with Crippen LogP contribution in [0.1, 0.15) is 40.8 Å². The Hall–Kier alpha value is -2.82. The van der Waals surface area contributed by atoms with Crippen LogP contribution in [0.15, 0.2) is 36.4 Å². The number of nitrogens with zero attached hydrogens (tertiary/aromatic N) is 2. The highest BCUT2D eigenvalue weighted by molar-refractivity contribution is 5.74. The third kappa shape index (κ3) is 5.99. The van der Waals surface area contributed by atoms with E-state index in [1.165, 1.54) is 24.1 Å². The Labute approximate surface area is 192 Å². The Morgan fingerprint density at radius 3 is 2.15 bits per heavy atom. The second-order valence-electron chi connectivity index (χ2n) is 8.58. The molecule has 11 heteroatoms. The highest BCUT2D eigenvalue weighted by Gasteiger charge is 2.37. The zero-order chi connectivity index (χ0) is 25.4. The molecule has 3 rings (SSSR count). The molecule has 1 heterocycles. The summed E-state index contributed by atoms with van der Waals surface area (Å²) in [5.41, 5.74) is -1.66. The first kappa shape index (κ1) is 25.8. The number of carbonyl (C=O) groups is 1. The lowest BCUT2D eigenvalue weighted by Gasteiger charge is -2.40. The minimum atomic E-state index is -4.97. The van der Waals surface area contributed by atoms with Gasteiger partial charge in [-0.15, -0.1) is 0 Å². The van der Waals surface area contributed by atoms with E-state index in [4.69, 9.17) is 0 Å². The van der Waals surface area contributed by atoms with E-state index < -0.39 is 41.9 Å². The maximum Gasteiger partial charge on any atom is 0.416 e. The number of amides is 2. The fourth-order valence-electron chi connectivity index (χ4n) is 4.14. The SMILES string of the molecule is Cc1cc(F)ccc1C1CN(C(=O)N(C)Cc2cc(C(F)(F)F)cc(C(F)(F)F)c2)CC(C)N1. The van der Waals surface area contributed by atoms with E-state index >= 15 is 0 Å². The largest absolute Gasteiger partial charge is 0.416 e. The van der Waals surface area contributed by atoms with Crippen LogP contribution in [0.3, 0.4) is 0 Å². The van der Waals surface area contributed by atoms with Gasteiger partial charge in [-0.3, -0.25) is 0 Å². The number of aryl methyl sites for hydroxylation is 1. The van der Waals surface area contributed by atoms with Gasteiger partial charge in [0.2, 0.25) is 0 Å². The second kappa shape index (κ2) is 9.44. The molecule has 2 amide bonds. The number of rotatable bonds is 3. The van der Waals surface area contributed by atoms with Crippen LogP contribution in [0, 0.1) is 12.7 Å². The summed E-state index contributed by atoms with van der Waals surface area (Å²) in [6, 6.07) is 4.59. The van der Waals surface area contributed by atoms with Crippen LogP contribution in [-0.4, -0.2) is 42.0 Å². The topological polar surface area (TPSA) is 35.6 Å². The molecule has 2 aromatic rings. The van der Waals surface area contributed by atoms with Crippen molar-refractivity contribution < 1.29 is 35.5 Å². The lowest BCUT2D eigenvalue weighted by Crippen LogP contribution is -2.55. The number of nitrogens with one attached hydrogen (secondary N) is 1. The summed E-state index contributed by atoms with van der Waals surface area (Å²) in [4.78, 5) is 15.6. The smallest absolute Gasteiger partial charge is 0.323 e. The van der Waals surface area contributed by atoms with E-state index in [2.05, 4.69) is 5.32 Å². The molecule has 0 aromatic heterocycles. The molecular weight excluding hydrogens is 467 g/mol. The molecule has 1 aliphatic rings. The molecule has 1 saturated heterocycles. The van der Waals surface area contributed by atoms with E-state index in [0.29, 0.717) is 17.7 Å². The number of alkyl halides is 6. The molecule has 1 fully saturated rings. The molecule has 0 bridgehead atoms. The lowest BCUT2D eigenvalue weighted by molar-refractivity contribution is -0.143. The molecule has 2 aromatic carbocycles. The molecule has 2 atom stereocenters. The van der Waals surface area contributed by atoms with Crippen LogP contribution in [0.25, 0.3) is 0 Å². The van der Waals surface area contributed by atoms with Gasteiger partial charge in [-0.05, 0) is 60.9 Å². The van der Waals surface area contributed by atoms with E-state index in [-0.39, 0.29) is 36.8 Å². The quantitative estimate of drug-likeness (QED) is 0.555. The first-order valence-electron chi connectivity index (χ1n) is 10.5. The average Bonchev–Trinajstić information content (AvgIpc) is 2.71. The highest BCUT2D eigenvalue weighted by Crippen LogP contribution is 2.36. The Kier molecular flexibility index (Phi) is 7.16. The van der Waals surface area contributed by atoms with Crippen LogP contribution in [-0.2, 0) is 18.9 Å². The average molecular weight is 491 g/mol. The van der Waals surface area contributed by atoms with Crippen molar-refractivity contribution in [1.29, 1.82) is 0 Å². The molecular formula is C23H24F7N3O. The van der Waals surface area contributed by atoms with Gasteiger partial charge < -0.3 is 15.1 Å². The Morgan fingerprint density at radius 2 is 1.62 bits per heavy atom. The van der Waals surface area contributed by atoms with E-state index in [0.717, 1.165) is 10.5 Å². The molecule has 0 radical (unpaired) electrons. The van der Waals surface area contributed by atoms with Crippen molar-refractivity contribution in [2.45, 2.75) is 44.8 Å². The summed E-state index contributed by atoms with van der Waals surface area (Å²) in [7, 11) is 1.32. The molecule has 0 aliphatic carbocycles. The third-order valence-electron chi connectivity index (χ3n) is 5.65. The Bertz CT molecular complexity index is 1020. The second-order valence-corrected chi connectivity index (χ2v) is 8.58. The van der Waals surface area contributed by atoms with Gasteiger partial charge in [0.1, 0.15) is 5.82 Å². The summed E-state index contributed by atoms with van der Waals surface area (Å²) >= 11 is 0. The molecule has 1 N–H and O–H groups in total.